The summed E-state index contributed by atoms with van der Waals surface area (Å²) in [4.78, 5) is 36.9. The summed E-state index contributed by atoms with van der Waals surface area (Å²) in [6, 6.07) is 10.4. The fourth-order valence-electron chi connectivity index (χ4n) is 4.48. The van der Waals surface area contributed by atoms with Crippen molar-refractivity contribution >= 4 is 34.6 Å². The molecule has 1 atom stereocenters. The Hall–Kier alpha value is -3.18. The van der Waals surface area contributed by atoms with Crippen LogP contribution >= 0.6 is 22.9 Å². The minimum Gasteiger partial charge on any atom is -0.387 e. The van der Waals surface area contributed by atoms with E-state index in [-0.39, 0.29) is 12.0 Å². The van der Waals surface area contributed by atoms with E-state index in [1.165, 1.54) is 0 Å². The molecule has 0 radical (unpaired) electrons. The fraction of sp³-hybridized carbons (Fsp3) is 0.360. The highest BCUT2D eigenvalue weighted by Gasteiger charge is 2.33. The average molecular weight is 551 g/mol. The molecule has 7 nitrogen and oxygen atoms in total. The molecule has 3 aromatic rings. The molecule has 12 heteroatoms. The van der Waals surface area contributed by atoms with Gasteiger partial charge in [0.2, 0.25) is 5.91 Å². The first-order valence-corrected chi connectivity index (χ1v) is 12.9. The third-order valence-electron chi connectivity index (χ3n) is 6.53. The van der Waals surface area contributed by atoms with E-state index in [9.17, 15) is 22.8 Å². The number of carbonyl (C=O) groups is 1. The molecule has 37 heavy (non-hydrogen) atoms. The largest absolute Gasteiger partial charge is 0.417 e. The molecule has 1 saturated heterocycles. The van der Waals surface area contributed by atoms with Crippen LogP contribution in [0.2, 0.25) is 5.02 Å². The van der Waals surface area contributed by atoms with Crippen molar-refractivity contribution in [3.63, 3.8) is 0 Å². The number of thiazole rings is 1. The molecule has 1 unspecified atom stereocenters. The van der Waals surface area contributed by atoms with Gasteiger partial charge in [0.15, 0.2) is 6.10 Å². The van der Waals surface area contributed by atoms with Gasteiger partial charge < -0.3 is 14.3 Å². The van der Waals surface area contributed by atoms with Crippen LogP contribution in [0.15, 0.2) is 57.9 Å². The molecule has 1 amide bonds. The zero-order chi connectivity index (χ0) is 26.2. The average Bonchev–Trinajstić information content (AvgIpc) is 3.57. The predicted octanol–water partition coefficient (Wildman–Crippen LogP) is 5.25. The SMILES string of the molecule is O=C(Cn1cc(C(F)(F)F)cc(Cl)c1=O)N1CCC(c2nc(C3=NOC(c4ccccc4)C3)cs2)CC1. The van der Waals surface area contributed by atoms with E-state index in [1.807, 2.05) is 35.7 Å². The van der Waals surface area contributed by atoms with Crippen LogP contribution in [0.5, 0.6) is 0 Å². The first-order valence-electron chi connectivity index (χ1n) is 11.7. The first kappa shape index (κ1) is 25.5. The van der Waals surface area contributed by atoms with Gasteiger partial charge in [0, 0.05) is 37.0 Å². The van der Waals surface area contributed by atoms with Gasteiger partial charge >= 0.3 is 6.18 Å². The molecular weight excluding hydrogens is 529 g/mol. The Bertz CT molecular complexity index is 1380. The Morgan fingerprint density at radius 3 is 2.62 bits per heavy atom. The number of pyridine rings is 1. The Balaban J connectivity index is 1.18. The van der Waals surface area contributed by atoms with E-state index in [4.69, 9.17) is 21.4 Å². The Kier molecular flexibility index (Phi) is 7.09. The quantitative estimate of drug-likeness (QED) is 0.435. The van der Waals surface area contributed by atoms with Crippen molar-refractivity contribution in [1.82, 2.24) is 14.5 Å². The number of aromatic nitrogens is 2. The number of carbonyl (C=O) groups excluding carboxylic acids is 1. The molecule has 4 heterocycles. The van der Waals surface area contributed by atoms with Crippen LogP contribution in [0.1, 0.15) is 53.1 Å². The fourth-order valence-corrected chi connectivity index (χ4v) is 5.70. The zero-order valence-electron chi connectivity index (χ0n) is 19.4. The number of likely N-dealkylation sites (tertiary alicyclic amines) is 1. The minimum atomic E-state index is -4.67. The number of oxime groups is 1. The van der Waals surface area contributed by atoms with E-state index < -0.39 is 34.8 Å². The van der Waals surface area contributed by atoms with Crippen molar-refractivity contribution in [2.75, 3.05) is 13.1 Å². The maximum absolute atomic E-state index is 13.1. The second kappa shape index (κ2) is 10.3. The lowest BCUT2D eigenvalue weighted by Gasteiger charge is -2.31. The van der Waals surface area contributed by atoms with Crippen LogP contribution < -0.4 is 5.56 Å². The molecule has 2 aromatic heterocycles. The predicted molar refractivity (Wildman–Crippen MR) is 133 cm³/mol. The summed E-state index contributed by atoms with van der Waals surface area (Å²) < 4.78 is 40.0. The van der Waals surface area contributed by atoms with Gasteiger partial charge in [-0.15, -0.1) is 11.3 Å². The molecule has 1 aromatic carbocycles. The molecule has 0 aliphatic carbocycles. The smallest absolute Gasteiger partial charge is 0.387 e. The molecule has 1 fully saturated rings. The standard InChI is InChI=1S/C25H22ClF3N4O3S/c26-18-10-17(25(27,28)29)12-33(24(18)35)13-22(34)32-8-6-16(7-9-32)23-30-20(14-37-23)19-11-21(36-31-19)15-4-2-1-3-5-15/h1-5,10,12,14,16,21H,6-9,11,13H2. The lowest BCUT2D eigenvalue weighted by atomic mass is 9.97. The number of alkyl halides is 3. The number of hydrogen-bond acceptors (Lipinski definition) is 6. The van der Waals surface area contributed by atoms with Crippen molar-refractivity contribution in [1.29, 1.82) is 0 Å². The monoisotopic (exact) mass is 550 g/mol. The van der Waals surface area contributed by atoms with Crippen molar-refractivity contribution in [2.24, 2.45) is 5.16 Å². The molecule has 194 valence electrons. The van der Waals surface area contributed by atoms with Crippen molar-refractivity contribution in [2.45, 2.75) is 44.0 Å². The van der Waals surface area contributed by atoms with E-state index in [0.29, 0.717) is 44.6 Å². The summed E-state index contributed by atoms with van der Waals surface area (Å²) >= 11 is 7.23. The van der Waals surface area contributed by atoms with Gasteiger partial charge in [-0.05, 0) is 24.5 Å². The van der Waals surface area contributed by atoms with Gasteiger partial charge in [-0.1, -0.05) is 47.1 Å². The van der Waals surface area contributed by atoms with Crippen LogP contribution in [0.25, 0.3) is 0 Å². The highest BCUT2D eigenvalue weighted by molar-refractivity contribution is 7.10. The topological polar surface area (TPSA) is 76.8 Å². The van der Waals surface area contributed by atoms with Gasteiger partial charge in [-0.3, -0.25) is 9.59 Å². The summed E-state index contributed by atoms with van der Waals surface area (Å²) in [5.41, 5.74) is 0.743. The van der Waals surface area contributed by atoms with E-state index >= 15 is 0 Å². The highest BCUT2D eigenvalue weighted by Crippen LogP contribution is 2.34. The third kappa shape index (κ3) is 5.57. The van der Waals surface area contributed by atoms with E-state index in [1.54, 1.807) is 16.2 Å². The molecule has 0 N–H and O–H groups in total. The van der Waals surface area contributed by atoms with E-state index in [0.717, 1.165) is 26.5 Å². The number of benzene rings is 1. The van der Waals surface area contributed by atoms with Crippen LogP contribution in [-0.4, -0.2) is 39.2 Å². The number of rotatable bonds is 5. The molecule has 2 aliphatic heterocycles. The van der Waals surface area contributed by atoms with Gasteiger partial charge in [-0.25, -0.2) is 4.98 Å². The van der Waals surface area contributed by atoms with E-state index in [2.05, 4.69) is 5.16 Å². The molecule has 2 aliphatic rings. The van der Waals surface area contributed by atoms with Crippen molar-refractivity contribution in [3.8, 4) is 0 Å². The number of amides is 1. The van der Waals surface area contributed by atoms with Gasteiger partial charge in [0.05, 0.1) is 16.3 Å². The summed E-state index contributed by atoms with van der Waals surface area (Å²) in [6.45, 7) is 0.330. The zero-order valence-corrected chi connectivity index (χ0v) is 21.0. The minimum absolute atomic E-state index is 0.130. The van der Waals surface area contributed by atoms with Gasteiger partial charge in [0.1, 0.15) is 17.3 Å². The number of nitrogens with zero attached hydrogens (tertiary/aromatic N) is 4. The van der Waals surface area contributed by atoms with Crippen LogP contribution in [0.3, 0.4) is 0 Å². The third-order valence-corrected chi connectivity index (χ3v) is 7.81. The molecule has 5 rings (SSSR count). The Labute approximate surface area is 219 Å². The maximum Gasteiger partial charge on any atom is 0.417 e. The highest BCUT2D eigenvalue weighted by atomic mass is 35.5. The van der Waals surface area contributed by atoms with Crippen molar-refractivity contribution < 1.29 is 22.8 Å². The van der Waals surface area contributed by atoms with Crippen LogP contribution in [0.4, 0.5) is 13.2 Å². The van der Waals surface area contributed by atoms with Crippen LogP contribution in [0, 0.1) is 0 Å². The number of hydrogen-bond donors (Lipinski definition) is 0. The number of piperidine rings is 1. The summed E-state index contributed by atoms with van der Waals surface area (Å²) in [5.74, 6) is -0.276. The summed E-state index contributed by atoms with van der Waals surface area (Å²) in [6.07, 6.45) is -2.22. The van der Waals surface area contributed by atoms with Gasteiger partial charge in [-0.2, -0.15) is 13.2 Å². The summed E-state index contributed by atoms with van der Waals surface area (Å²) in [7, 11) is 0. The normalized spacial score (nSPS) is 18.5. The first-order chi connectivity index (χ1) is 17.7. The number of halogens is 4. The van der Waals surface area contributed by atoms with Gasteiger partial charge in [0.25, 0.3) is 5.56 Å². The maximum atomic E-state index is 13.1. The summed E-state index contributed by atoms with van der Waals surface area (Å²) in [5, 5.41) is 6.57. The Morgan fingerprint density at radius 1 is 1.19 bits per heavy atom. The second-order valence-corrected chi connectivity index (χ2v) is 10.3. The lowest BCUT2D eigenvalue weighted by Crippen LogP contribution is -2.41. The lowest BCUT2D eigenvalue weighted by molar-refractivity contribution is -0.139. The Morgan fingerprint density at radius 2 is 1.92 bits per heavy atom. The molecule has 0 saturated carbocycles. The molecule has 0 spiro atoms. The molecular formula is C25H22ClF3N4O3S. The second-order valence-electron chi connectivity index (χ2n) is 8.98. The van der Waals surface area contributed by atoms with Crippen molar-refractivity contribution in [3.05, 3.63) is 85.2 Å². The van der Waals surface area contributed by atoms with Crippen LogP contribution in [-0.2, 0) is 22.4 Å². The molecule has 0 bridgehead atoms.